The van der Waals surface area contributed by atoms with Gasteiger partial charge in [0, 0.05) is 34.1 Å². The van der Waals surface area contributed by atoms with Crippen LogP contribution < -0.4 is 10.6 Å². The standard InChI is InChI=1S/C34H31Cl2N5O8/c35-21-9-8-20(24(36)18-21)19-40-26-7-2-1-4-22(26)30(39-40)34(46)49-17-16-48-15-14-47-13-12-37-25-6-3-5-23-29(25)33(45)41(32(23)44)27-10-11-28(42)38-31(27)43/h1-9,18,27,37H,10-17,19H2,(H,38,42,43). The van der Waals surface area contributed by atoms with E-state index in [-0.39, 0.29) is 62.7 Å². The molecular formula is C34H31Cl2N5O8. The van der Waals surface area contributed by atoms with Crippen LogP contribution in [0.1, 0.15) is 49.6 Å². The lowest BCUT2D eigenvalue weighted by atomic mass is 10.0. The van der Waals surface area contributed by atoms with Crippen molar-refractivity contribution >= 4 is 69.4 Å². The summed E-state index contributed by atoms with van der Waals surface area (Å²) in [5, 5.41) is 11.5. The number of halogens is 2. The van der Waals surface area contributed by atoms with E-state index in [4.69, 9.17) is 37.4 Å². The maximum absolute atomic E-state index is 13.2. The Morgan fingerprint density at radius 2 is 1.69 bits per heavy atom. The largest absolute Gasteiger partial charge is 0.458 e. The number of anilines is 1. The van der Waals surface area contributed by atoms with Gasteiger partial charge in [-0.1, -0.05) is 53.5 Å². The molecular weight excluding hydrogens is 677 g/mol. The third kappa shape index (κ3) is 7.44. The predicted octanol–water partition coefficient (Wildman–Crippen LogP) is 4.09. The number of benzene rings is 3. The summed E-state index contributed by atoms with van der Waals surface area (Å²) in [6.07, 6.45) is 0.134. The number of nitrogens with zero attached hydrogens (tertiary/aromatic N) is 3. The molecule has 1 saturated heterocycles. The number of esters is 1. The molecule has 3 aromatic carbocycles. The molecule has 13 nitrogen and oxygen atoms in total. The molecule has 3 heterocycles. The summed E-state index contributed by atoms with van der Waals surface area (Å²) in [4.78, 5) is 63.8. The number of carbonyl (C=O) groups excluding carboxylic acids is 5. The summed E-state index contributed by atoms with van der Waals surface area (Å²) in [6.45, 7) is 1.65. The molecule has 2 aliphatic rings. The number of amides is 4. The van der Waals surface area contributed by atoms with Gasteiger partial charge in [0.15, 0.2) is 5.69 Å². The Balaban J connectivity index is 0.912. The van der Waals surface area contributed by atoms with Gasteiger partial charge in [-0.25, -0.2) is 4.79 Å². The SMILES string of the molecule is O=C1CCC(N2C(=O)c3cccc(NCCOCCOCCOC(=O)c4nn(Cc5ccc(Cl)cc5Cl)c5ccccc45)c3C2=O)C(=O)N1. The zero-order valence-electron chi connectivity index (χ0n) is 26.1. The number of aromatic nitrogens is 2. The second kappa shape index (κ2) is 15.2. The van der Waals surface area contributed by atoms with Crippen LogP contribution in [0.15, 0.2) is 60.7 Å². The third-order valence-corrected chi connectivity index (χ3v) is 8.64. The van der Waals surface area contributed by atoms with Gasteiger partial charge in [0.2, 0.25) is 11.8 Å². The molecule has 4 amide bonds. The highest BCUT2D eigenvalue weighted by atomic mass is 35.5. The van der Waals surface area contributed by atoms with E-state index in [0.717, 1.165) is 16.0 Å². The second-order valence-electron chi connectivity index (χ2n) is 11.2. The molecule has 1 fully saturated rings. The first-order chi connectivity index (χ1) is 23.7. The van der Waals surface area contributed by atoms with E-state index >= 15 is 0 Å². The Bertz CT molecular complexity index is 1950. The fourth-order valence-electron chi connectivity index (χ4n) is 5.71. The summed E-state index contributed by atoms with van der Waals surface area (Å²) in [5.41, 5.74) is 2.57. The molecule has 4 aromatic rings. The predicted molar refractivity (Wildman–Crippen MR) is 179 cm³/mol. The minimum Gasteiger partial charge on any atom is -0.458 e. The molecule has 0 spiro atoms. The molecule has 15 heteroatoms. The van der Waals surface area contributed by atoms with E-state index in [1.165, 1.54) is 6.07 Å². The second-order valence-corrected chi connectivity index (χ2v) is 12.1. The van der Waals surface area contributed by atoms with E-state index < -0.39 is 35.6 Å². The molecule has 0 radical (unpaired) electrons. The highest BCUT2D eigenvalue weighted by Crippen LogP contribution is 2.32. The third-order valence-electron chi connectivity index (χ3n) is 8.05. The molecule has 0 saturated carbocycles. The summed E-state index contributed by atoms with van der Waals surface area (Å²) in [6, 6.07) is 16.4. The first-order valence-corrected chi connectivity index (χ1v) is 16.3. The fourth-order valence-corrected chi connectivity index (χ4v) is 6.18. The number of nitrogens with one attached hydrogen (secondary N) is 2. The van der Waals surface area contributed by atoms with Crippen LogP contribution in [0.4, 0.5) is 5.69 Å². The number of fused-ring (bicyclic) bond motifs is 2. The van der Waals surface area contributed by atoms with E-state index in [1.807, 2.05) is 24.3 Å². The molecule has 2 aliphatic heterocycles. The van der Waals surface area contributed by atoms with Crippen molar-refractivity contribution in [3.05, 3.63) is 93.1 Å². The molecule has 1 aromatic heterocycles. The van der Waals surface area contributed by atoms with Crippen molar-refractivity contribution in [2.24, 2.45) is 0 Å². The van der Waals surface area contributed by atoms with E-state index in [0.29, 0.717) is 34.2 Å². The number of ether oxygens (including phenoxy) is 3. The van der Waals surface area contributed by atoms with Crippen LogP contribution in [0, 0.1) is 0 Å². The molecule has 1 atom stereocenters. The van der Waals surface area contributed by atoms with Crippen molar-refractivity contribution < 1.29 is 38.2 Å². The smallest absolute Gasteiger partial charge is 0.359 e. The van der Waals surface area contributed by atoms with E-state index in [9.17, 15) is 24.0 Å². The highest BCUT2D eigenvalue weighted by molar-refractivity contribution is 6.35. The number of hydrogen-bond acceptors (Lipinski definition) is 10. The molecule has 254 valence electrons. The van der Waals surface area contributed by atoms with Crippen molar-refractivity contribution in [2.45, 2.75) is 25.4 Å². The number of rotatable bonds is 14. The molecule has 1 unspecified atom stereocenters. The minimum atomic E-state index is -1.03. The zero-order valence-corrected chi connectivity index (χ0v) is 27.6. The van der Waals surface area contributed by atoms with Crippen LogP contribution >= 0.6 is 23.2 Å². The lowest BCUT2D eigenvalue weighted by Crippen LogP contribution is -2.54. The fraction of sp³-hybridized carbons (Fsp3) is 0.294. The monoisotopic (exact) mass is 707 g/mol. The van der Waals surface area contributed by atoms with Gasteiger partial charge in [-0.2, -0.15) is 5.10 Å². The van der Waals surface area contributed by atoms with Crippen LogP contribution in [0.3, 0.4) is 0 Å². The van der Waals surface area contributed by atoms with Gasteiger partial charge in [-0.3, -0.25) is 34.1 Å². The molecule has 2 N–H and O–H groups in total. The number of carbonyl (C=O) groups is 5. The van der Waals surface area contributed by atoms with E-state index in [1.54, 1.807) is 35.0 Å². The molecule has 0 aliphatic carbocycles. The van der Waals surface area contributed by atoms with Crippen LogP contribution in [0.5, 0.6) is 0 Å². The Morgan fingerprint density at radius 3 is 2.49 bits per heavy atom. The summed E-state index contributed by atoms with van der Waals surface area (Å²) in [7, 11) is 0. The number of imide groups is 2. The van der Waals surface area contributed by atoms with Crippen LogP contribution in [0.2, 0.25) is 10.0 Å². The van der Waals surface area contributed by atoms with E-state index in [2.05, 4.69) is 15.7 Å². The summed E-state index contributed by atoms with van der Waals surface area (Å²) in [5.74, 6) is -2.82. The van der Waals surface area contributed by atoms with Crippen molar-refractivity contribution in [1.82, 2.24) is 20.0 Å². The Hall–Kier alpha value is -4.82. The van der Waals surface area contributed by atoms with Gasteiger partial charge in [0.05, 0.1) is 49.6 Å². The van der Waals surface area contributed by atoms with Crippen molar-refractivity contribution in [3.63, 3.8) is 0 Å². The van der Waals surface area contributed by atoms with Crippen LogP contribution in [-0.4, -0.2) is 89.9 Å². The van der Waals surface area contributed by atoms with Gasteiger partial charge in [0.25, 0.3) is 11.8 Å². The highest BCUT2D eigenvalue weighted by Gasteiger charge is 2.45. The maximum atomic E-state index is 13.2. The lowest BCUT2D eigenvalue weighted by molar-refractivity contribution is -0.136. The van der Waals surface area contributed by atoms with Crippen LogP contribution in [0.25, 0.3) is 10.9 Å². The molecule has 0 bridgehead atoms. The van der Waals surface area contributed by atoms with Gasteiger partial charge in [0.1, 0.15) is 12.6 Å². The Labute approximate surface area is 290 Å². The van der Waals surface area contributed by atoms with Crippen molar-refractivity contribution in [3.8, 4) is 0 Å². The quantitative estimate of drug-likeness (QED) is 0.111. The normalized spacial score (nSPS) is 15.9. The molecule has 6 rings (SSSR count). The van der Waals surface area contributed by atoms with Gasteiger partial charge < -0.3 is 19.5 Å². The number of para-hydroxylation sites is 1. The Morgan fingerprint density at radius 1 is 0.918 bits per heavy atom. The minimum absolute atomic E-state index is 0.0201. The zero-order chi connectivity index (χ0) is 34.5. The van der Waals surface area contributed by atoms with Gasteiger partial charge >= 0.3 is 5.97 Å². The average Bonchev–Trinajstić information content (AvgIpc) is 3.57. The van der Waals surface area contributed by atoms with Gasteiger partial charge in [-0.05, 0) is 42.3 Å². The first kappa shape index (κ1) is 34.1. The summed E-state index contributed by atoms with van der Waals surface area (Å²) >= 11 is 12.4. The number of hydrogen-bond donors (Lipinski definition) is 2. The van der Waals surface area contributed by atoms with Crippen molar-refractivity contribution in [2.75, 3.05) is 44.9 Å². The first-order valence-electron chi connectivity index (χ1n) is 15.5. The topological polar surface area (TPSA) is 158 Å². The van der Waals surface area contributed by atoms with Crippen molar-refractivity contribution in [1.29, 1.82) is 0 Å². The maximum Gasteiger partial charge on any atom is 0.359 e. The Kier molecular flexibility index (Phi) is 10.5. The van der Waals surface area contributed by atoms with Crippen LogP contribution in [-0.2, 0) is 30.3 Å². The average molecular weight is 709 g/mol. The van der Waals surface area contributed by atoms with Gasteiger partial charge in [-0.15, -0.1) is 0 Å². The summed E-state index contributed by atoms with van der Waals surface area (Å²) < 4.78 is 18.3. The number of piperidine rings is 1. The lowest BCUT2D eigenvalue weighted by Gasteiger charge is -2.27. The molecule has 49 heavy (non-hydrogen) atoms.